The average Bonchev–Trinajstić information content (AvgIpc) is 2.65. The van der Waals surface area contributed by atoms with E-state index in [1.54, 1.807) is 7.11 Å². The molecule has 0 saturated carbocycles. The van der Waals surface area contributed by atoms with E-state index in [0.717, 1.165) is 34.0 Å². The second-order valence-corrected chi connectivity index (χ2v) is 5.03. The first-order valence-electron chi connectivity index (χ1n) is 6.78. The molecule has 4 heteroatoms. The van der Waals surface area contributed by atoms with Crippen LogP contribution in [0.15, 0.2) is 47.5 Å². The van der Waals surface area contributed by atoms with Crippen LogP contribution in [-0.4, -0.2) is 18.7 Å². The van der Waals surface area contributed by atoms with Crippen molar-refractivity contribution in [1.82, 2.24) is 0 Å². The second-order valence-electron chi connectivity index (χ2n) is 5.03. The Kier molecular flexibility index (Phi) is 3.44. The van der Waals surface area contributed by atoms with Crippen LogP contribution >= 0.6 is 0 Å². The molecule has 0 saturated heterocycles. The molecule has 2 aromatic rings. The van der Waals surface area contributed by atoms with Gasteiger partial charge in [0.1, 0.15) is 5.75 Å². The monoisotopic (exact) mass is 280 g/mol. The van der Waals surface area contributed by atoms with Crippen molar-refractivity contribution in [2.24, 2.45) is 4.99 Å². The quantitative estimate of drug-likeness (QED) is 0.915. The summed E-state index contributed by atoms with van der Waals surface area (Å²) in [5.74, 6) is 0.737. The van der Waals surface area contributed by atoms with Crippen LogP contribution < -0.4 is 10.1 Å². The number of carbonyl (C=O) groups excluding carboxylic acids is 1. The van der Waals surface area contributed by atoms with Crippen LogP contribution in [0.5, 0.6) is 5.75 Å². The van der Waals surface area contributed by atoms with Gasteiger partial charge >= 0.3 is 0 Å². The molecule has 1 N–H and O–H groups in total. The molecule has 0 atom stereocenters. The minimum Gasteiger partial charge on any atom is -0.497 e. The van der Waals surface area contributed by atoms with Crippen LogP contribution in [0.3, 0.4) is 0 Å². The van der Waals surface area contributed by atoms with Gasteiger partial charge in [-0.05, 0) is 54.4 Å². The fourth-order valence-corrected chi connectivity index (χ4v) is 2.32. The molecule has 106 valence electrons. The van der Waals surface area contributed by atoms with E-state index >= 15 is 0 Å². The summed E-state index contributed by atoms with van der Waals surface area (Å²) in [5, 5.41) is 2.89. The number of rotatable bonds is 2. The van der Waals surface area contributed by atoms with E-state index < -0.39 is 0 Å². The van der Waals surface area contributed by atoms with Gasteiger partial charge in [-0.2, -0.15) is 0 Å². The van der Waals surface area contributed by atoms with Gasteiger partial charge in [-0.25, -0.2) is 0 Å². The standard InChI is InChI=1S/C17H16N2O2/c1-11-3-8-14-16(9-11)18-15(10-17(20)19-14)12-4-6-13(21-2)7-5-12/h3-9H,10H2,1-2H3,(H,19,20). The number of hydrogen-bond donors (Lipinski definition) is 1. The minimum absolute atomic E-state index is 0.0489. The normalized spacial score (nSPS) is 13.8. The Bertz CT molecular complexity index is 718. The van der Waals surface area contributed by atoms with Crippen LogP contribution in [0.2, 0.25) is 0 Å². The summed E-state index contributed by atoms with van der Waals surface area (Å²) in [6, 6.07) is 13.4. The van der Waals surface area contributed by atoms with Crippen molar-refractivity contribution in [2.75, 3.05) is 12.4 Å². The first kappa shape index (κ1) is 13.4. The maximum Gasteiger partial charge on any atom is 0.230 e. The molecule has 0 fully saturated rings. The lowest BCUT2D eigenvalue weighted by Crippen LogP contribution is -2.14. The predicted octanol–water partition coefficient (Wildman–Crippen LogP) is 3.47. The van der Waals surface area contributed by atoms with Crippen LogP contribution in [-0.2, 0) is 4.79 Å². The molecule has 1 amide bonds. The van der Waals surface area contributed by atoms with E-state index in [2.05, 4.69) is 10.3 Å². The molecule has 3 rings (SSSR count). The van der Waals surface area contributed by atoms with Crippen molar-refractivity contribution in [2.45, 2.75) is 13.3 Å². The average molecular weight is 280 g/mol. The highest BCUT2D eigenvalue weighted by molar-refractivity contribution is 6.16. The molecule has 1 heterocycles. The number of benzene rings is 2. The maximum atomic E-state index is 12.0. The Balaban J connectivity index is 2.05. The number of ether oxygens (including phenoxy) is 1. The van der Waals surface area contributed by atoms with Crippen LogP contribution in [0, 0.1) is 6.92 Å². The minimum atomic E-state index is -0.0489. The number of fused-ring (bicyclic) bond motifs is 1. The zero-order chi connectivity index (χ0) is 14.8. The van der Waals surface area contributed by atoms with E-state index in [0.29, 0.717) is 0 Å². The summed E-state index contributed by atoms with van der Waals surface area (Å²) in [6.45, 7) is 2.01. The van der Waals surface area contributed by atoms with E-state index in [1.165, 1.54) is 0 Å². The Morgan fingerprint density at radius 2 is 1.90 bits per heavy atom. The van der Waals surface area contributed by atoms with Crippen molar-refractivity contribution < 1.29 is 9.53 Å². The molecule has 0 spiro atoms. The van der Waals surface area contributed by atoms with Crippen molar-refractivity contribution >= 4 is 23.0 Å². The number of aryl methyl sites for hydroxylation is 1. The van der Waals surface area contributed by atoms with Crippen molar-refractivity contribution in [3.05, 3.63) is 53.6 Å². The number of hydrogen-bond acceptors (Lipinski definition) is 3. The van der Waals surface area contributed by atoms with Gasteiger partial charge in [0.05, 0.1) is 30.6 Å². The molecule has 1 aliphatic heterocycles. The van der Waals surface area contributed by atoms with Gasteiger partial charge in [0, 0.05) is 0 Å². The Labute approximate surface area is 123 Å². The van der Waals surface area contributed by atoms with Gasteiger partial charge in [0.25, 0.3) is 0 Å². The second kappa shape index (κ2) is 5.40. The van der Waals surface area contributed by atoms with Gasteiger partial charge in [-0.1, -0.05) is 6.07 Å². The topological polar surface area (TPSA) is 50.7 Å². The Morgan fingerprint density at radius 1 is 1.14 bits per heavy atom. The predicted molar refractivity (Wildman–Crippen MR) is 83.6 cm³/mol. The molecular formula is C17H16N2O2. The smallest absolute Gasteiger partial charge is 0.230 e. The lowest BCUT2D eigenvalue weighted by atomic mass is 10.1. The third kappa shape index (κ3) is 2.79. The number of methoxy groups -OCH3 is 1. The first-order valence-corrected chi connectivity index (χ1v) is 6.78. The SMILES string of the molecule is COc1ccc(C2=Nc3cc(C)ccc3NC(=O)C2)cc1. The van der Waals surface area contributed by atoms with Crippen molar-refractivity contribution in [3.8, 4) is 5.75 Å². The number of nitrogens with one attached hydrogen (secondary N) is 1. The highest BCUT2D eigenvalue weighted by atomic mass is 16.5. The lowest BCUT2D eigenvalue weighted by molar-refractivity contribution is -0.115. The van der Waals surface area contributed by atoms with Gasteiger partial charge in [0.2, 0.25) is 5.91 Å². The van der Waals surface area contributed by atoms with E-state index in [4.69, 9.17) is 4.74 Å². The summed E-state index contributed by atoms with van der Waals surface area (Å²) < 4.78 is 5.16. The molecule has 4 nitrogen and oxygen atoms in total. The maximum absolute atomic E-state index is 12.0. The highest BCUT2D eigenvalue weighted by Gasteiger charge is 2.17. The van der Waals surface area contributed by atoms with Gasteiger partial charge < -0.3 is 10.1 Å². The molecule has 0 radical (unpaired) electrons. The zero-order valence-electron chi connectivity index (χ0n) is 12.0. The van der Waals surface area contributed by atoms with Gasteiger partial charge in [-0.3, -0.25) is 9.79 Å². The number of anilines is 1. The van der Waals surface area contributed by atoms with Crippen molar-refractivity contribution in [1.29, 1.82) is 0 Å². The third-order valence-corrected chi connectivity index (χ3v) is 3.43. The summed E-state index contributed by atoms with van der Waals surface area (Å²) >= 11 is 0. The molecule has 2 aromatic carbocycles. The molecule has 21 heavy (non-hydrogen) atoms. The van der Waals surface area contributed by atoms with Crippen molar-refractivity contribution in [3.63, 3.8) is 0 Å². The summed E-state index contributed by atoms with van der Waals surface area (Å²) in [6.07, 6.45) is 0.264. The number of carbonyl (C=O) groups is 1. The van der Waals surface area contributed by atoms with Crippen LogP contribution in [0.1, 0.15) is 17.5 Å². The Hall–Kier alpha value is -2.62. The molecule has 1 aliphatic rings. The summed E-state index contributed by atoms with van der Waals surface area (Å²) in [5.41, 5.74) is 4.36. The summed E-state index contributed by atoms with van der Waals surface area (Å²) in [7, 11) is 1.63. The van der Waals surface area contributed by atoms with Gasteiger partial charge in [0.15, 0.2) is 0 Å². The van der Waals surface area contributed by atoms with Crippen LogP contribution in [0.25, 0.3) is 0 Å². The number of nitrogens with zero attached hydrogens (tertiary/aromatic N) is 1. The first-order chi connectivity index (χ1) is 10.2. The number of aliphatic imine (C=N–C) groups is 1. The van der Waals surface area contributed by atoms with E-state index in [9.17, 15) is 4.79 Å². The van der Waals surface area contributed by atoms with Crippen LogP contribution in [0.4, 0.5) is 11.4 Å². The molecule has 0 aromatic heterocycles. The lowest BCUT2D eigenvalue weighted by Gasteiger charge is -2.05. The zero-order valence-corrected chi connectivity index (χ0v) is 12.0. The fourth-order valence-electron chi connectivity index (χ4n) is 2.32. The summed E-state index contributed by atoms with van der Waals surface area (Å²) in [4.78, 5) is 16.7. The fraction of sp³-hybridized carbons (Fsp3) is 0.176. The molecule has 0 bridgehead atoms. The van der Waals surface area contributed by atoms with Gasteiger partial charge in [-0.15, -0.1) is 0 Å². The van der Waals surface area contributed by atoms with E-state index in [-0.39, 0.29) is 12.3 Å². The molecule has 0 aliphatic carbocycles. The largest absolute Gasteiger partial charge is 0.497 e. The molecule has 0 unspecified atom stereocenters. The molecular weight excluding hydrogens is 264 g/mol. The van der Waals surface area contributed by atoms with E-state index in [1.807, 2.05) is 49.4 Å². The third-order valence-electron chi connectivity index (χ3n) is 3.43. The Morgan fingerprint density at radius 3 is 2.62 bits per heavy atom. The number of amides is 1. The highest BCUT2D eigenvalue weighted by Crippen LogP contribution is 2.30.